The van der Waals surface area contributed by atoms with E-state index in [1.807, 2.05) is 0 Å². The molecule has 0 heterocycles. The molecule has 0 radical (unpaired) electrons. The molecule has 1 amide bonds. The van der Waals surface area contributed by atoms with Gasteiger partial charge >= 0.3 is 5.97 Å². The fourth-order valence-corrected chi connectivity index (χ4v) is 2.30. The zero-order chi connectivity index (χ0) is 19.8. The first-order chi connectivity index (χ1) is 12.9. The quantitative estimate of drug-likeness (QED) is 0.573. The normalized spacial score (nSPS) is 10.5. The number of methoxy groups -OCH3 is 2. The summed E-state index contributed by atoms with van der Waals surface area (Å²) in [7, 11) is 3.03. The number of rotatable bonds is 7. The van der Waals surface area contributed by atoms with E-state index in [1.165, 1.54) is 32.4 Å². The molecule has 0 aliphatic rings. The van der Waals surface area contributed by atoms with Gasteiger partial charge in [-0.25, -0.2) is 9.18 Å². The summed E-state index contributed by atoms with van der Waals surface area (Å²) in [6.07, 6.45) is 2.69. The second-order valence-corrected chi connectivity index (χ2v) is 5.64. The molecule has 1 N–H and O–H groups in total. The van der Waals surface area contributed by atoms with E-state index in [-0.39, 0.29) is 10.7 Å². The number of amides is 1. The Hall–Kier alpha value is -3.06. The summed E-state index contributed by atoms with van der Waals surface area (Å²) in [6, 6.07) is 8.65. The maximum atomic E-state index is 13.0. The number of ether oxygens (including phenoxy) is 3. The summed E-state index contributed by atoms with van der Waals surface area (Å²) < 4.78 is 28.1. The molecule has 0 bridgehead atoms. The van der Waals surface area contributed by atoms with Crippen LogP contribution in [-0.2, 0) is 14.3 Å². The van der Waals surface area contributed by atoms with Crippen LogP contribution in [-0.4, -0.2) is 32.7 Å². The highest BCUT2D eigenvalue weighted by Crippen LogP contribution is 2.28. The Morgan fingerprint density at radius 3 is 2.52 bits per heavy atom. The van der Waals surface area contributed by atoms with Crippen LogP contribution in [0.5, 0.6) is 11.5 Å². The minimum Gasteiger partial charge on any atom is -0.493 e. The van der Waals surface area contributed by atoms with Gasteiger partial charge in [-0.15, -0.1) is 0 Å². The van der Waals surface area contributed by atoms with Crippen LogP contribution in [0.1, 0.15) is 5.56 Å². The van der Waals surface area contributed by atoms with Crippen molar-refractivity contribution in [1.29, 1.82) is 0 Å². The van der Waals surface area contributed by atoms with Gasteiger partial charge in [0.25, 0.3) is 5.91 Å². The summed E-state index contributed by atoms with van der Waals surface area (Å²) in [4.78, 5) is 23.5. The summed E-state index contributed by atoms with van der Waals surface area (Å²) in [5.41, 5.74) is 0.909. The Kier molecular flexibility index (Phi) is 7.19. The number of hydrogen-bond donors (Lipinski definition) is 1. The van der Waals surface area contributed by atoms with Crippen LogP contribution in [0.15, 0.2) is 42.5 Å². The SMILES string of the molecule is COc1ccc(/C=C/C(=O)OCC(=O)Nc2ccc(F)cc2Cl)cc1OC. The molecule has 2 rings (SSSR count). The number of hydrogen-bond acceptors (Lipinski definition) is 5. The topological polar surface area (TPSA) is 73.9 Å². The molecule has 6 nitrogen and oxygen atoms in total. The van der Waals surface area contributed by atoms with Crippen molar-refractivity contribution in [3.05, 3.63) is 58.9 Å². The molecule has 0 spiro atoms. The predicted octanol–water partition coefficient (Wildman–Crippen LogP) is 3.69. The molecule has 2 aromatic carbocycles. The van der Waals surface area contributed by atoms with E-state index >= 15 is 0 Å². The van der Waals surface area contributed by atoms with Crippen molar-refractivity contribution in [3.63, 3.8) is 0 Å². The molecule has 2 aromatic rings. The molecule has 8 heteroatoms. The van der Waals surface area contributed by atoms with E-state index in [9.17, 15) is 14.0 Å². The number of esters is 1. The highest BCUT2D eigenvalue weighted by atomic mass is 35.5. The fourth-order valence-electron chi connectivity index (χ4n) is 2.08. The molecule has 0 aromatic heterocycles. The third-order valence-electron chi connectivity index (χ3n) is 3.37. The number of carbonyl (C=O) groups excluding carboxylic acids is 2. The third kappa shape index (κ3) is 6.00. The second kappa shape index (κ2) is 9.59. The Bertz CT molecular complexity index is 869. The maximum absolute atomic E-state index is 13.0. The molecular formula is C19H17ClFNO5. The highest BCUT2D eigenvalue weighted by molar-refractivity contribution is 6.33. The lowest BCUT2D eigenvalue weighted by atomic mass is 10.2. The van der Waals surface area contributed by atoms with Gasteiger partial charge in [0.05, 0.1) is 24.9 Å². The van der Waals surface area contributed by atoms with Gasteiger partial charge in [0.15, 0.2) is 18.1 Å². The van der Waals surface area contributed by atoms with Crippen molar-refractivity contribution in [3.8, 4) is 11.5 Å². The lowest BCUT2D eigenvalue weighted by molar-refractivity contribution is -0.142. The van der Waals surface area contributed by atoms with Gasteiger partial charge in [-0.2, -0.15) is 0 Å². The van der Waals surface area contributed by atoms with Crippen LogP contribution in [0, 0.1) is 5.82 Å². The van der Waals surface area contributed by atoms with Crippen molar-refractivity contribution in [2.45, 2.75) is 0 Å². The summed E-state index contributed by atoms with van der Waals surface area (Å²) in [6.45, 7) is -0.511. The average Bonchev–Trinajstić information content (AvgIpc) is 2.66. The second-order valence-electron chi connectivity index (χ2n) is 5.23. The minimum atomic E-state index is -0.704. The van der Waals surface area contributed by atoms with E-state index in [1.54, 1.807) is 18.2 Å². The molecule has 0 saturated heterocycles. The number of anilines is 1. The van der Waals surface area contributed by atoms with E-state index in [0.29, 0.717) is 17.1 Å². The van der Waals surface area contributed by atoms with Gasteiger partial charge in [0, 0.05) is 6.08 Å². The van der Waals surface area contributed by atoms with Gasteiger partial charge in [0.2, 0.25) is 0 Å². The van der Waals surface area contributed by atoms with Gasteiger partial charge in [-0.05, 0) is 42.0 Å². The Balaban J connectivity index is 1.88. The van der Waals surface area contributed by atoms with Crippen molar-refractivity contribution in [2.75, 3.05) is 26.1 Å². The van der Waals surface area contributed by atoms with Crippen LogP contribution in [0.2, 0.25) is 5.02 Å². The summed E-state index contributed by atoms with van der Waals surface area (Å²) >= 11 is 5.81. The van der Waals surface area contributed by atoms with Crippen molar-refractivity contribution < 1.29 is 28.2 Å². The van der Waals surface area contributed by atoms with Gasteiger partial charge in [0.1, 0.15) is 5.82 Å². The van der Waals surface area contributed by atoms with Crippen LogP contribution < -0.4 is 14.8 Å². The first-order valence-corrected chi connectivity index (χ1v) is 8.12. The number of benzene rings is 2. The van der Waals surface area contributed by atoms with Gasteiger partial charge < -0.3 is 19.5 Å². The van der Waals surface area contributed by atoms with Crippen molar-refractivity contribution >= 4 is 35.2 Å². The molecule has 0 atom stereocenters. The molecule has 0 aliphatic heterocycles. The molecule has 0 saturated carbocycles. The lowest BCUT2D eigenvalue weighted by Crippen LogP contribution is -2.20. The van der Waals surface area contributed by atoms with E-state index in [0.717, 1.165) is 12.1 Å². The number of nitrogens with one attached hydrogen (secondary N) is 1. The smallest absolute Gasteiger partial charge is 0.331 e. The minimum absolute atomic E-state index is 0.0445. The lowest BCUT2D eigenvalue weighted by Gasteiger charge is -2.08. The molecule has 0 unspecified atom stereocenters. The Labute approximate surface area is 160 Å². The number of carbonyl (C=O) groups is 2. The van der Waals surface area contributed by atoms with Gasteiger partial charge in [-0.3, -0.25) is 4.79 Å². The number of halogens is 2. The first-order valence-electron chi connectivity index (χ1n) is 7.74. The monoisotopic (exact) mass is 393 g/mol. The zero-order valence-corrected chi connectivity index (χ0v) is 15.4. The fraction of sp³-hybridized carbons (Fsp3) is 0.158. The summed E-state index contributed by atoms with van der Waals surface area (Å²) in [5.74, 6) is -0.747. The largest absolute Gasteiger partial charge is 0.493 e. The predicted molar refractivity (Wildman–Crippen MR) is 99.6 cm³/mol. The molecule has 142 valence electrons. The van der Waals surface area contributed by atoms with Crippen molar-refractivity contribution in [2.24, 2.45) is 0 Å². The highest BCUT2D eigenvalue weighted by Gasteiger charge is 2.09. The molecule has 0 fully saturated rings. The standard InChI is InChI=1S/C19H17ClFNO5/c1-25-16-7-3-12(9-17(16)26-2)4-8-19(24)27-11-18(23)22-15-6-5-13(21)10-14(15)20/h3-10H,11H2,1-2H3,(H,22,23)/b8-4+. The summed E-state index contributed by atoms with van der Waals surface area (Å²) in [5, 5.41) is 2.47. The zero-order valence-electron chi connectivity index (χ0n) is 14.6. The molecule has 0 aliphatic carbocycles. The van der Waals surface area contributed by atoms with Crippen LogP contribution >= 0.6 is 11.6 Å². The molecule has 27 heavy (non-hydrogen) atoms. The van der Waals surface area contributed by atoms with E-state index in [2.05, 4.69) is 5.32 Å². The van der Waals surface area contributed by atoms with Crippen LogP contribution in [0.4, 0.5) is 10.1 Å². The van der Waals surface area contributed by atoms with E-state index in [4.69, 9.17) is 25.8 Å². The first kappa shape index (κ1) is 20.3. The Morgan fingerprint density at radius 2 is 1.85 bits per heavy atom. The van der Waals surface area contributed by atoms with Gasteiger partial charge in [-0.1, -0.05) is 17.7 Å². The third-order valence-corrected chi connectivity index (χ3v) is 3.68. The van der Waals surface area contributed by atoms with Crippen molar-refractivity contribution in [1.82, 2.24) is 0 Å². The Morgan fingerprint density at radius 1 is 1.11 bits per heavy atom. The van der Waals surface area contributed by atoms with Crippen LogP contribution in [0.25, 0.3) is 6.08 Å². The van der Waals surface area contributed by atoms with Crippen LogP contribution in [0.3, 0.4) is 0 Å². The maximum Gasteiger partial charge on any atom is 0.331 e. The molecular weight excluding hydrogens is 377 g/mol. The average molecular weight is 394 g/mol. The van der Waals surface area contributed by atoms with E-state index < -0.39 is 24.3 Å².